The molecule has 0 fully saturated rings. The first kappa shape index (κ1) is 17.7. The predicted octanol–water partition coefficient (Wildman–Crippen LogP) is 3.42. The van der Waals surface area contributed by atoms with E-state index >= 15 is 0 Å². The zero-order valence-corrected chi connectivity index (χ0v) is 14.9. The number of carbonyl (C=O) groups excluding carboxylic acids is 1. The van der Waals surface area contributed by atoms with Crippen molar-refractivity contribution >= 4 is 5.91 Å². The first-order valence-corrected chi connectivity index (χ1v) is 8.47. The van der Waals surface area contributed by atoms with Gasteiger partial charge in [-0.3, -0.25) is 9.78 Å². The van der Waals surface area contributed by atoms with Gasteiger partial charge in [-0.2, -0.15) is 0 Å². The molecule has 0 atom stereocenters. The Labute approximate surface area is 152 Å². The molecule has 6 heteroatoms. The maximum Gasteiger partial charge on any atom is 0.257 e. The summed E-state index contributed by atoms with van der Waals surface area (Å²) in [5.41, 5.74) is 2.93. The molecule has 2 heterocycles. The fourth-order valence-electron chi connectivity index (χ4n) is 2.83. The average Bonchev–Trinajstić information content (AvgIpc) is 3.07. The number of nitrogens with zero attached hydrogens (tertiary/aromatic N) is 2. The summed E-state index contributed by atoms with van der Waals surface area (Å²) in [5, 5.41) is 6.97. The molecule has 26 heavy (non-hydrogen) atoms. The SMILES string of the molecule is COc1ccccc1CCCNC(=O)c1c(-c2ccncc2)noc1C. The monoisotopic (exact) mass is 351 g/mol. The van der Waals surface area contributed by atoms with Gasteiger partial charge in [0.25, 0.3) is 5.91 Å². The number of nitrogens with one attached hydrogen (secondary N) is 1. The van der Waals surface area contributed by atoms with Crippen molar-refractivity contribution in [1.29, 1.82) is 0 Å². The van der Waals surface area contributed by atoms with Crippen LogP contribution in [0.25, 0.3) is 11.3 Å². The Morgan fingerprint density at radius 2 is 1.96 bits per heavy atom. The van der Waals surface area contributed by atoms with Gasteiger partial charge in [0.05, 0.1) is 7.11 Å². The van der Waals surface area contributed by atoms with Crippen LogP contribution in [0.1, 0.15) is 28.1 Å². The first-order chi connectivity index (χ1) is 12.7. The number of rotatable bonds is 7. The molecule has 0 bridgehead atoms. The van der Waals surface area contributed by atoms with Gasteiger partial charge in [0.15, 0.2) is 0 Å². The minimum Gasteiger partial charge on any atom is -0.496 e. The van der Waals surface area contributed by atoms with E-state index < -0.39 is 0 Å². The molecule has 6 nitrogen and oxygen atoms in total. The van der Waals surface area contributed by atoms with Crippen LogP contribution in [0.15, 0.2) is 53.3 Å². The molecular weight excluding hydrogens is 330 g/mol. The van der Waals surface area contributed by atoms with Crippen molar-refractivity contribution in [3.05, 3.63) is 65.7 Å². The molecule has 0 unspecified atom stereocenters. The van der Waals surface area contributed by atoms with Gasteiger partial charge in [0, 0.05) is 24.5 Å². The van der Waals surface area contributed by atoms with Gasteiger partial charge >= 0.3 is 0 Å². The van der Waals surface area contributed by atoms with Crippen LogP contribution < -0.4 is 10.1 Å². The third-order valence-electron chi connectivity index (χ3n) is 4.14. The number of para-hydroxylation sites is 1. The lowest BCUT2D eigenvalue weighted by molar-refractivity contribution is 0.0952. The number of hydrogen-bond donors (Lipinski definition) is 1. The summed E-state index contributed by atoms with van der Waals surface area (Å²) < 4.78 is 10.6. The van der Waals surface area contributed by atoms with Gasteiger partial charge in [0.2, 0.25) is 0 Å². The lowest BCUT2D eigenvalue weighted by atomic mass is 10.1. The zero-order chi connectivity index (χ0) is 18.4. The van der Waals surface area contributed by atoms with Crippen molar-refractivity contribution in [2.75, 3.05) is 13.7 Å². The van der Waals surface area contributed by atoms with Crippen LogP contribution >= 0.6 is 0 Å². The highest BCUT2D eigenvalue weighted by Crippen LogP contribution is 2.24. The summed E-state index contributed by atoms with van der Waals surface area (Å²) >= 11 is 0. The summed E-state index contributed by atoms with van der Waals surface area (Å²) in [6.07, 6.45) is 4.95. The van der Waals surface area contributed by atoms with Crippen LogP contribution in [-0.4, -0.2) is 29.7 Å². The van der Waals surface area contributed by atoms with Crippen LogP contribution in [0.2, 0.25) is 0 Å². The molecule has 3 aromatic rings. The number of pyridine rings is 1. The summed E-state index contributed by atoms with van der Waals surface area (Å²) in [6, 6.07) is 11.5. The highest BCUT2D eigenvalue weighted by Gasteiger charge is 2.21. The summed E-state index contributed by atoms with van der Waals surface area (Å²) in [5.74, 6) is 1.18. The molecule has 0 saturated carbocycles. The van der Waals surface area contributed by atoms with E-state index in [1.165, 1.54) is 0 Å². The largest absolute Gasteiger partial charge is 0.496 e. The number of amides is 1. The van der Waals surface area contributed by atoms with Crippen molar-refractivity contribution in [2.45, 2.75) is 19.8 Å². The Balaban J connectivity index is 1.62. The van der Waals surface area contributed by atoms with Crippen LogP contribution in [0.4, 0.5) is 0 Å². The van der Waals surface area contributed by atoms with Gasteiger partial charge < -0.3 is 14.6 Å². The number of methoxy groups -OCH3 is 1. The number of ether oxygens (including phenoxy) is 1. The minimum absolute atomic E-state index is 0.185. The predicted molar refractivity (Wildman–Crippen MR) is 98.1 cm³/mol. The van der Waals surface area contributed by atoms with Crippen molar-refractivity contribution in [2.24, 2.45) is 0 Å². The Morgan fingerprint density at radius 3 is 2.73 bits per heavy atom. The molecule has 1 N–H and O–H groups in total. The fourth-order valence-corrected chi connectivity index (χ4v) is 2.83. The molecule has 2 aromatic heterocycles. The fraction of sp³-hybridized carbons (Fsp3) is 0.250. The molecule has 0 spiro atoms. The number of benzene rings is 1. The Bertz CT molecular complexity index is 875. The third kappa shape index (κ3) is 3.91. The van der Waals surface area contributed by atoms with E-state index in [0.29, 0.717) is 23.6 Å². The second kappa shape index (κ2) is 8.29. The smallest absolute Gasteiger partial charge is 0.257 e. The topological polar surface area (TPSA) is 77.2 Å². The molecule has 0 aliphatic heterocycles. The lowest BCUT2D eigenvalue weighted by Gasteiger charge is -2.09. The van der Waals surface area contributed by atoms with Gasteiger partial charge in [-0.25, -0.2) is 0 Å². The van der Waals surface area contributed by atoms with Crippen LogP contribution in [-0.2, 0) is 6.42 Å². The van der Waals surface area contributed by atoms with Crippen molar-refractivity contribution < 1.29 is 14.1 Å². The third-order valence-corrected chi connectivity index (χ3v) is 4.14. The average molecular weight is 351 g/mol. The van der Waals surface area contributed by atoms with Crippen LogP contribution in [0.5, 0.6) is 5.75 Å². The molecule has 0 saturated heterocycles. The van der Waals surface area contributed by atoms with Gasteiger partial charge in [0.1, 0.15) is 22.8 Å². The molecule has 0 radical (unpaired) electrons. The van der Waals surface area contributed by atoms with E-state index in [4.69, 9.17) is 9.26 Å². The molecule has 1 aromatic carbocycles. The van der Waals surface area contributed by atoms with E-state index in [2.05, 4.69) is 15.5 Å². The maximum atomic E-state index is 12.6. The molecule has 0 aliphatic carbocycles. The first-order valence-electron chi connectivity index (χ1n) is 8.47. The summed E-state index contributed by atoms with van der Waals surface area (Å²) in [7, 11) is 1.66. The lowest BCUT2D eigenvalue weighted by Crippen LogP contribution is -2.25. The van der Waals surface area contributed by atoms with Crippen molar-refractivity contribution in [3.63, 3.8) is 0 Å². The van der Waals surface area contributed by atoms with Crippen molar-refractivity contribution in [3.8, 4) is 17.0 Å². The van der Waals surface area contributed by atoms with Gasteiger partial charge in [-0.15, -0.1) is 0 Å². The van der Waals surface area contributed by atoms with E-state index in [1.807, 2.05) is 24.3 Å². The second-order valence-electron chi connectivity index (χ2n) is 5.87. The highest BCUT2D eigenvalue weighted by atomic mass is 16.5. The Hall–Kier alpha value is -3.15. The highest BCUT2D eigenvalue weighted by molar-refractivity contribution is 6.00. The normalized spacial score (nSPS) is 10.5. The molecule has 0 aliphatic rings. The number of aryl methyl sites for hydroxylation is 2. The van der Waals surface area contributed by atoms with Gasteiger partial charge in [-0.05, 0) is 43.5 Å². The minimum atomic E-state index is -0.185. The Kier molecular flexibility index (Phi) is 5.63. The van der Waals surface area contributed by atoms with E-state index in [-0.39, 0.29) is 5.91 Å². The standard InChI is InChI=1S/C20H21N3O3/c1-14-18(19(23-26-14)16-9-12-21-13-10-16)20(24)22-11-5-7-15-6-3-4-8-17(15)25-2/h3-4,6,8-10,12-13H,5,7,11H2,1-2H3,(H,22,24). The number of carbonyl (C=O) groups is 1. The number of hydrogen-bond acceptors (Lipinski definition) is 5. The van der Waals surface area contributed by atoms with E-state index in [0.717, 1.165) is 29.7 Å². The second-order valence-corrected chi connectivity index (χ2v) is 5.87. The number of aromatic nitrogens is 2. The Morgan fingerprint density at radius 1 is 1.19 bits per heavy atom. The summed E-state index contributed by atoms with van der Waals surface area (Å²) in [6.45, 7) is 2.29. The summed E-state index contributed by atoms with van der Waals surface area (Å²) in [4.78, 5) is 16.6. The quantitative estimate of drug-likeness (QED) is 0.660. The zero-order valence-electron chi connectivity index (χ0n) is 14.9. The maximum absolute atomic E-state index is 12.6. The van der Waals surface area contributed by atoms with E-state index in [1.54, 1.807) is 38.6 Å². The molecule has 3 rings (SSSR count). The van der Waals surface area contributed by atoms with Crippen LogP contribution in [0, 0.1) is 6.92 Å². The van der Waals surface area contributed by atoms with Crippen LogP contribution in [0.3, 0.4) is 0 Å². The molecule has 1 amide bonds. The van der Waals surface area contributed by atoms with Crippen molar-refractivity contribution in [1.82, 2.24) is 15.5 Å². The molecule has 134 valence electrons. The van der Waals surface area contributed by atoms with Gasteiger partial charge in [-0.1, -0.05) is 23.4 Å². The molecular formula is C20H21N3O3. The van der Waals surface area contributed by atoms with E-state index in [9.17, 15) is 4.79 Å².